The molecule has 5 aromatic rings. The molecule has 0 amide bonds. The first-order valence-corrected chi connectivity index (χ1v) is 8.41. The lowest BCUT2D eigenvalue weighted by Gasteiger charge is -2.05. The maximum Gasteiger partial charge on any atom is 0.0894 e. The molecule has 2 aromatic heterocycles. The van der Waals surface area contributed by atoms with Crippen LogP contribution >= 0.6 is 0 Å². The van der Waals surface area contributed by atoms with Crippen molar-refractivity contribution in [2.75, 3.05) is 0 Å². The van der Waals surface area contributed by atoms with Crippen LogP contribution in [0.1, 0.15) is 0 Å². The van der Waals surface area contributed by atoms with Crippen LogP contribution in [-0.4, -0.2) is 19.9 Å². The summed E-state index contributed by atoms with van der Waals surface area (Å²) in [6.45, 7) is 0. The summed E-state index contributed by atoms with van der Waals surface area (Å²) in [6, 6.07) is 24.0. The van der Waals surface area contributed by atoms with E-state index in [4.69, 9.17) is 9.97 Å². The lowest BCUT2D eigenvalue weighted by Crippen LogP contribution is -1.90. The van der Waals surface area contributed by atoms with Crippen LogP contribution in [0.15, 0.2) is 85.2 Å². The topological polar surface area (TPSA) is 51.6 Å². The monoisotopic (exact) mass is 334 g/mol. The number of para-hydroxylation sites is 4. The van der Waals surface area contributed by atoms with Crippen molar-refractivity contribution in [1.82, 2.24) is 19.9 Å². The van der Waals surface area contributed by atoms with Gasteiger partial charge in [0.2, 0.25) is 0 Å². The third-order valence-electron chi connectivity index (χ3n) is 4.37. The van der Waals surface area contributed by atoms with E-state index in [0.29, 0.717) is 0 Å². The lowest BCUT2D eigenvalue weighted by molar-refractivity contribution is 1.28. The van der Waals surface area contributed by atoms with E-state index in [1.165, 1.54) is 0 Å². The number of nitrogens with zero attached hydrogens (tertiary/aromatic N) is 4. The number of fused-ring (bicyclic) bond motifs is 2. The van der Waals surface area contributed by atoms with Gasteiger partial charge in [-0.1, -0.05) is 48.5 Å². The van der Waals surface area contributed by atoms with Gasteiger partial charge in [-0.3, -0.25) is 9.97 Å². The predicted molar refractivity (Wildman–Crippen MR) is 104 cm³/mol. The van der Waals surface area contributed by atoms with E-state index in [9.17, 15) is 0 Å². The van der Waals surface area contributed by atoms with Crippen LogP contribution < -0.4 is 0 Å². The molecule has 5 rings (SSSR count). The number of hydrogen-bond acceptors (Lipinski definition) is 4. The van der Waals surface area contributed by atoms with Crippen molar-refractivity contribution < 1.29 is 0 Å². The van der Waals surface area contributed by atoms with Gasteiger partial charge >= 0.3 is 0 Å². The van der Waals surface area contributed by atoms with Crippen LogP contribution in [0.5, 0.6) is 0 Å². The summed E-state index contributed by atoms with van der Waals surface area (Å²) in [5, 5.41) is 0. The molecule has 0 aliphatic heterocycles. The van der Waals surface area contributed by atoms with Crippen LogP contribution in [0.4, 0.5) is 0 Å². The molecule has 0 aliphatic carbocycles. The molecular formula is C22H14N4. The molecule has 122 valence electrons. The molecule has 4 nitrogen and oxygen atoms in total. The Morgan fingerprint density at radius 2 is 0.808 bits per heavy atom. The fourth-order valence-corrected chi connectivity index (χ4v) is 3.00. The highest BCUT2D eigenvalue weighted by Crippen LogP contribution is 2.24. The Morgan fingerprint density at radius 3 is 1.23 bits per heavy atom. The first-order valence-electron chi connectivity index (χ1n) is 8.41. The number of rotatable bonds is 2. The smallest absolute Gasteiger partial charge is 0.0894 e. The molecule has 4 heteroatoms. The molecule has 0 atom stereocenters. The molecule has 2 heterocycles. The maximum absolute atomic E-state index is 4.70. The van der Waals surface area contributed by atoms with Gasteiger partial charge in [-0.2, -0.15) is 0 Å². The molecule has 0 N–H and O–H groups in total. The number of aromatic nitrogens is 4. The summed E-state index contributed by atoms with van der Waals surface area (Å²) >= 11 is 0. The van der Waals surface area contributed by atoms with Gasteiger partial charge in [0.1, 0.15) is 0 Å². The van der Waals surface area contributed by atoms with E-state index in [-0.39, 0.29) is 0 Å². The zero-order chi connectivity index (χ0) is 17.3. The zero-order valence-electron chi connectivity index (χ0n) is 13.9. The van der Waals surface area contributed by atoms with Gasteiger partial charge in [0, 0.05) is 11.1 Å². The van der Waals surface area contributed by atoms with Crippen molar-refractivity contribution in [1.29, 1.82) is 0 Å². The Balaban J connectivity index is 1.52. The van der Waals surface area contributed by atoms with Gasteiger partial charge in [-0.15, -0.1) is 0 Å². The second-order valence-corrected chi connectivity index (χ2v) is 6.07. The highest BCUT2D eigenvalue weighted by Gasteiger charge is 2.05. The first kappa shape index (κ1) is 14.7. The van der Waals surface area contributed by atoms with E-state index in [1.807, 2.05) is 85.2 Å². The molecule has 0 saturated carbocycles. The minimum absolute atomic E-state index is 0.861. The Morgan fingerprint density at radius 1 is 0.423 bits per heavy atom. The average molecular weight is 334 g/mol. The number of hydrogen-bond donors (Lipinski definition) is 0. The normalized spacial score (nSPS) is 11.1. The zero-order valence-corrected chi connectivity index (χ0v) is 13.9. The molecule has 0 aliphatic rings. The van der Waals surface area contributed by atoms with Gasteiger partial charge in [0.25, 0.3) is 0 Å². The van der Waals surface area contributed by atoms with Crippen molar-refractivity contribution in [2.45, 2.75) is 0 Å². The second-order valence-electron chi connectivity index (χ2n) is 6.07. The van der Waals surface area contributed by atoms with Crippen LogP contribution in [0.3, 0.4) is 0 Å². The van der Waals surface area contributed by atoms with E-state index in [0.717, 1.165) is 44.6 Å². The SMILES string of the molecule is c1ccc2nc(-c3ccc(-c4cnc5ccccc5n4)cc3)cnc2c1. The summed E-state index contributed by atoms with van der Waals surface area (Å²) in [7, 11) is 0. The minimum Gasteiger partial charge on any atom is -0.252 e. The Kier molecular flexibility index (Phi) is 3.39. The fourth-order valence-electron chi connectivity index (χ4n) is 3.00. The molecule has 0 spiro atoms. The van der Waals surface area contributed by atoms with E-state index in [2.05, 4.69) is 9.97 Å². The standard InChI is InChI=1S/C22H14N4/c1-3-7-19-17(5-1)23-13-21(25-19)15-9-11-16(12-10-15)22-14-24-18-6-2-4-8-20(18)26-22/h1-14H. The molecule has 3 aromatic carbocycles. The van der Waals surface area contributed by atoms with E-state index in [1.54, 1.807) is 0 Å². The number of benzene rings is 3. The molecule has 0 saturated heterocycles. The van der Waals surface area contributed by atoms with Crippen molar-refractivity contribution in [3.63, 3.8) is 0 Å². The maximum atomic E-state index is 4.70. The van der Waals surface area contributed by atoms with Crippen LogP contribution in [0.2, 0.25) is 0 Å². The summed E-state index contributed by atoms with van der Waals surface area (Å²) in [5.41, 5.74) is 7.38. The molecule has 0 unspecified atom stereocenters. The van der Waals surface area contributed by atoms with Crippen molar-refractivity contribution in [3.05, 3.63) is 85.2 Å². The average Bonchev–Trinajstić information content (AvgIpc) is 2.73. The first-order chi connectivity index (χ1) is 12.9. The van der Waals surface area contributed by atoms with Gasteiger partial charge in [0.05, 0.1) is 45.8 Å². The summed E-state index contributed by atoms with van der Waals surface area (Å²) in [4.78, 5) is 18.4. The van der Waals surface area contributed by atoms with Crippen LogP contribution in [0.25, 0.3) is 44.6 Å². The summed E-state index contributed by atoms with van der Waals surface area (Å²) in [6.07, 6.45) is 3.63. The van der Waals surface area contributed by atoms with Gasteiger partial charge in [-0.05, 0) is 24.3 Å². The Labute approximate surface area is 150 Å². The fraction of sp³-hybridized carbons (Fsp3) is 0. The highest BCUT2D eigenvalue weighted by atomic mass is 14.8. The molecule has 0 bridgehead atoms. The van der Waals surface area contributed by atoms with Crippen molar-refractivity contribution in [2.24, 2.45) is 0 Å². The summed E-state index contributed by atoms with van der Waals surface area (Å²) in [5.74, 6) is 0. The third-order valence-corrected chi connectivity index (χ3v) is 4.37. The quantitative estimate of drug-likeness (QED) is 0.460. The van der Waals surface area contributed by atoms with Gasteiger partial charge in [-0.25, -0.2) is 9.97 Å². The van der Waals surface area contributed by atoms with Crippen molar-refractivity contribution >= 4 is 22.1 Å². The Hall–Kier alpha value is -3.66. The van der Waals surface area contributed by atoms with E-state index < -0.39 is 0 Å². The Bertz CT molecular complexity index is 1130. The highest BCUT2D eigenvalue weighted by molar-refractivity contribution is 5.79. The molecular weight excluding hydrogens is 320 g/mol. The third kappa shape index (κ3) is 2.58. The largest absolute Gasteiger partial charge is 0.252 e. The molecule has 0 radical (unpaired) electrons. The predicted octanol–water partition coefficient (Wildman–Crippen LogP) is 4.91. The lowest BCUT2D eigenvalue weighted by atomic mass is 10.1. The van der Waals surface area contributed by atoms with Crippen LogP contribution in [-0.2, 0) is 0 Å². The van der Waals surface area contributed by atoms with Crippen molar-refractivity contribution in [3.8, 4) is 22.5 Å². The van der Waals surface area contributed by atoms with Gasteiger partial charge in [0.15, 0.2) is 0 Å². The molecule has 26 heavy (non-hydrogen) atoms. The molecule has 0 fully saturated rings. The van der Waals surface area contributed by atoms with Crippen LogP contribution in [0, 0.1) is 0 Å². The second kappa shape index (κ2) is 6.01. The van der Waals surface area contributed by atoms with E-state index >= 15 is 0 Å². The minimum atomic E-state index is 0.861. The summed E-state index contributed by atoms with van der Waals surface area (Å²) < 4.78 is 0. The van der Waals surface area contributed by atoms with Gasteiger partial charge < -0.3 is 0 Å².